The first-order valence-electron chi connectivity index (χ1n) is 2.57. The first-order valence-corrected chi connectivity index (χ1v) is 4.01. The van der Waals surface area contributed by atoms with Gasteiger partial charge in [0.25, 0.3) is 0 Å². The zero-order valence-corrected chi connectivity index (χ0v) is 6.29. The molecule has 0 radical (unpaired) electrons. The van der Waals surface area contributed by atoms with E-state index < -0.39 is 7.99 Å². The summed E-state index contributed by atoms with van der Waals surface area (Å²) >= 11 is 0. The van der Waals surface area contributed by atoms with Gasteiger partial charge < -0.3 is 0 Å². The highest BCUT2D eigenvalue weighted by Gasteiger charge is 2.09. The lowest BCUT2D eigenvalue weighted by atomic mass is 10.5. The minimum absolute atomic E-state index is 1.75. The average Bonchev–Trinajstić information content (AvgIpc) is 1.88. The summed E-state index contributed by atoms with van der Waals surface area (Å²) in [6, 6.07) is 5.72. The Balaban J connectivity index is 0.000000187. The molecule has 1 heterocycles. The van der Waals surface area contributed by atoms with Gasteiger partial charge >= 0.3 is 7.99 Å². The fourth-order valence-corrected chi connectivity index (χ4v) is 0.313. The first kappa shape index (κ1) is 10.2. The monoisotopic (exact) mass is 181 g/mol. The van der Waals surface area contributed by atoms with Crippen molar-refractivity contribution in [3.8, 4) is 0 Å². The summed E-state index contributed by atoms with van der Waals surface area (Å²) < 4.78 is 28.7. The molecule has 0 spiro atoms. The van der Waals surface area contributed by atoms with Gasteiger partial charge in [-0.25, -0.2) is 4.57 Å². The van der Waals surface area contributed by atoms with Crippen LogP contribution in [0.4, 0.5) is 8.39 Å². The van der Waals surface area contributed by atoms with E-state index >= 15 is 0 Å². The molecule has 0 unspecified atom stereocenters. The van der Waals surface area contributed by atoms with Crippen molar-refractivity contribution < 1.29 is 17.9 Å². The molecule has 1 rings (SSSR count). The molecule has 0 amide bonds. The van der Waals surface area contributed by atoms with Crippen molar-refractivity contribution in [2.24, 2.45) is 0 Å². The minimum Gasteiger partial charge on any atom is -0.296 e. The maximum absolute atomic E-state index is 10.1. The largest absolute Gasteiger partial charge is 0.549 e. The Morgan fingerprint density at radius 3 is 1.64 bits per heavy atom. The van der Waals surface area contributed by atoms with Crippen molar-refractivity contribution in [2.75, 3.05) is 0 Å². The molecular formula is C5H6F2NO2P. The van der Waals surface area contributed by atoms with Crippen molar-refractivity contribution in [2.45, 2.75) is 0 Å². The summed E-state index contributed by atoms with van der Waals surface area (Å²) in [4.78, 5) is 10.5. The average molecular weight is 181 g/mol. The highest BCUT2D eigenvalue weighted by molar-refractivity contribution is 7.46. The lowest BCUT2D eigenvalue weighted by Crippen LogP contribution is -1.58. The summed E-state index contributed by atoms with van der Waals surface area (Å²) in [5.74, 6) is 0. The van der Waals surface area contributed by atoms with Crippen LogP contribution in [-0.4, -0.2) is 9.88 Å². The molecule has 3 nitrogen and oxygen atoms in total. The van der Waals surface area contributed by atoms with Crippen LogP contribution in [0.5, 0.6) is 0 Å². The number of pyridine rings is 1. The molecule has 0 aromatic carbocycles. The van der Waals surface area contributed by atoms with Gasteiger partial charge in [-0.3, -0.25) is 9.88 Å². The predicted octanol–water partition coefficient (Wildman–Crippen LogP) is 2.11. The van der Waals surface area contributed by atoms with Gasteiger partial charge in [0.2, 0.25) is 0 Å². The van der Waals surface area contributed by atoms with E-state index in [0.29, 0.717) is 0 Å². The maximum Gasteiger partial charge on any atom is 0.549 e. The number of rotatable bonds is 0. The number of hydrogen-bond donors (Lipinski definition) is 1. The summed E-state index contributed by atoms with van der Waals surface area (Å²) in [5, 5.41) is 0. The second-order valence-corrected chi connectivity index (χ2v) is 2.33. The van der Waals surface area contributed by atoms with Crippen molar-refractivity contribution in [1.82, 2.24) is 4.98 Å². The van der Waals surface area contributed by atoms with Gasteiger partial charge in [0.15, 0.2) is 0 Å². The maximum atomic E-state index is 10.1. The van der Waals surface area contributed by atoms with Crippen LogP contribution in [0.1, 0.15) is 0 Å². The van der Waals surface area contributed by atoms with Gasteiger partial charge in [0.1, 0.15) is 0 Å². The molecule has 0 bridgehead atoms. The van der Waals surface area contributed by atoms with E-state index in [-0.39, 0.29) is 0 Å². The van der Waals surface area contributed by atoms with Gasteiger partial charge in [0.05, 0.1) is 0 Å². The van der Waals surface area contributed by atoms with Crippen molar-refractivity contribution in [3.63, 3.8) is 0 Å². The fourth-order valence-electron chi connectivity index (χ4n) is 0.313. The lowest BCUT2D eigenvalue weighted by molar-refractivity contribution is 0.376. The van der Waals surface area contributed by atoms with Crippen LogP contribution in [-0.2, 0) is 4.57 Å². The Labute approximate surface area is 62.4 Å². The van der Waals surface area contributed by atoms with Crippen LogP contribution in [0.25, 0.3) is 0 Å². The second-order valence-electron chi connectivity index (χ2n) is 1.46. The Hall–Kier alpha value is -0.800. The van der Waals surface area contributed by atoms with E-state index in [0.717, 1.165) is 0 Å². The van der Waals surface area contributed by atoms with Crippen LogP contribution >= 0.6 is 7.99 Å². The molecule has 62 valence electrons. The van der Waals surface area contributed by atoms with E-state index in [1.165, 1.54) is 0 Å². The summed E-state index contributed by atoms with van der Waals surface area (Å²) in [6.45, 7) is 0. The van der Waals surface area contributed by atoms with Crippen molar-refractivity contribution in [1.29, 1.82) is 0 Å². The van der Waals surface area contributed by atoms with Crippen LogP contribution in [0, 0.1) is 0 Å². The van der Waals surface area contributed by atoms with Gasteiger partial charge in [-0.05, 0) is 12.1 Å². The molecule has 0 atom stereocenters. The molecule has 1 aromatic rings. The quantitative estimate of drug-likeness (QED) is 0.623. The molecule has 11 heavy (non-hydrogen) atoms. The molecule has 0 aliphatic carbocycles. The van der Waals surface area contributed by atoms with E-state index in [1.807, 2.05) is 18.2 Å². The topological polar surface area (TPSA) is 50.2 Å². The standard InChI is InChI=1S/C5H5N.F2HO2P/c1-2-4-6-5-3-1;1-5(2,3)4/h1-5H;(H,3,4). The van der Waals surface area contributed by atoms with Crippen molar-refractivity contribution in [3.05, 3.63) is 30.6 Å². The number of hydrogen-bond acceptors (Lipinski definition) is 2. The van der Waals surface area contributed by atoms with Gasteiger partial charge in [-0.1, -0.05) is 6.07 Å². The molecule has 0 aliphatic rings. The first-order chi connectivity index (χ1) is 5.00. The van der Waals surface area contributed by atoms with Crippen LogP contribution in [0.15, 0.2) is 30.6 Å². The second kappa shape index (κ2) is 4.93. The molecule has 6 heteroatoms. The van der Waals surface area contributed by atoms with E-state index in [1.54, 1.807) is 12.4 Å². The molecule has 0 fully saturated rings. The summed E-state index contributed by atoms with van der Waals surface area (Å²) in [7, 11) is -5.64. The van der Waals surface area contributed by atoms with Crippen molar-refractivity contribution >= 4 is 7.99 Å². The zero-order chi connectivity index (χ0) is 8.74. The third-order valence-electron chi connectivity index (χ3n) is 0.566. The van der Waals surface area contributed by atoms with Crippen LogP contribution in [0.2, 0.25) is 0 Å². The van der Waals surface area contributed by atoms with Crippen LogP contribution in [0.3, 0.4) is 0 Å². The molecule has 0 saturated heterocycles. The number of nitrogens with zero attached hydrogens (tertiary/aromatic N) is 1. The smallest absolute Gasteiger partial charge is 0.296 e. The third-order valence-corrected chi connectivity index (χ3v) is 0.566. The van der Waals surface area contributed by atoms with Gasteiger partial charge in [-0.2, -0.15) is 0 Å². The molecule has 1 N–H and O–H groups in total. The Kier molecular flexibility index (Phi) is 4.57. The highest BCUT2D eigenvalue weighted by Crippen LogP contribution is 2.43. The Morgan fingerprint density at radius 2 is 1.55 bits per heavy atom. The predicted molar refractivity (Wildman–Crippen MR) is 36.3 cm³/mol. The molecule has 1 aromatic heterocycles. The summed E-state index contributed by atoms with van der Waals surface area (Å²) in [5.41, 5.74) is 0. The SMILES string of the molecule is O=P(O)(F)F.c1ccncc1. The number of aromatic nitrogens is 1. The lowest BCUT2D eigenvalue weighted by Gasteiger charge is -1.73. The highest BCUT2D eigenvalue weighted by atomic mass is 31.2. The Morgan fingerprint density at radius 1 is 1.18 bits per heavy atom. The summed E-state index contributed by atoms with van der Waals surface area (Å²) in [6.07, 6.45) is 3.50. The molecular weight excluding hydrogens is 175 g/mol. The van der Waals surface area contributed by atoms with E-state index in [9.17, 15) is 8.39 Å². The molecule has 0 saturated carbocycles. The van der Waals surface area contributed by atoms with Gasteiger partial charge in [-0.15, -0.1) is 8.39 Å². The van der Waals surface area contributed by atoms with E-state index in [2.05, 4.69) is 4.98 Å². The van der Waals surface area contributed by atoms with Gasteiger partial charge in [0, 0.05) is 12.4 Å². The molecule has 0 aliphatic heterocycles. The normalized spacial score (nSPS) is 9.73. The zero-order valence-electron chi connectivity index (χ0n) is 5.39. The fraction of sp³-hybridized carbons (Fsp3) is 0. The number of halogens is 2. The third kappa shape index (κ3) is 17.6. The van der Waals surface area contributed by atoms with E-state index in [4.69, 9.17) is 9.46 Å². The minimum atomic E-state index is -5.64. The Bertz CT molecular complexity index is 190. The van der Waals surface area contributed by atoms with Crippen LogP contribution < -0.4 is 0 Å².